The summed E-state index contributed by atoms with van der Waals surface area (Å²) in [5.41, 5.74) is 0. The van der Waals surface area contributed by atoms with Gasteiger partial charge in [0.05, 0.1) is 10.2 Å². The summed E-state index contributed by atoms with van der Waals surface area (Å²) in [4.78, 5) is 21.6. The van der Waals surface area contributed by atoms with Crippen LogP contribution in [0.5, 0.6) is 0 Å². The molecule has 0 saturated carbocycles. The Bertz CT molecular complexity index is 934. The summed E-state index contributed by atoms with van der Waals surface area (Å²) in [6.07, 6.45) is -2.79. The predicted octanol–water partition coefficient (Wildman–Crippen LogP) is -4.99. The second-order valence-electron chi connectivity index (χ2n) is 9.60. The monoisotopic (exact) mass is 802 g/mol. The van der Waals surface area contributed by atoms with Crippen LogP contribution >= 0.6 is 22.6 Å². The van der Waals surface area contributed by atoms with Crippen molar-refractivity contribution in [2.75, 3.05) is 19.5 Å². The molecule has 0 N–H and O–H groups in total. The standard InChI is InChI=1S/C11H18O8S.C10H15IO5.HI.Na/c1-6(12)15-5-7-8(19-20(4,13)14)9-10(16-7)18-11(2,3)17-9;1-5(12)13-4-6-7(11)8-9(14-6)16-10(2,3)15-8;;/h7-10H,5H2,1-4H3;6-9H,4H2,1-3H3;1H;/q;;;+1/p-1/t7-,8-,9-,10?;6-,7+,8-,9?;;/m11../s1. The Morgan fingerprint density at radius 3 is 1.68 bits per heavy atom. The number of rotatable bonds is 6. The van der Waals surface area contributed by atoms with Crippen molar-refractivity contribution in [3.63, 3.8) is 0 Å². The van der Waals surface area contributed by atoms with E-state index in [0.29, 0.717) is 0 Å². The quantitative estimate of drug-likeness (QED) is 0.0831. The van der Waals surface area contributed by atoms with Crippen molar-refractivity contribution >= 4 is 44.6 Å². The van der Waals surface area contributed by atoms with Gasteiger partial charge in [-0.2, -0.15) is 8.42 Å². The van der Waals surface area contributed by atoms with E-state index in [9.17, 15) is 18.0 Å². The van der Waals surface area contributed by atoms with E-state index in [1.807, 2.05) is 13.8 Å². The van der Waals surface area contributed by atoms with Gasteiger partial charge in [-0.3, -0.25) is 13.8 Å². The maximum absolute atomic E-state index is 11.3. The molecule has 0 amide bonds. The summed E-state index contributed by atoms with van der Waals surface area (Å²) in [5.74, 6) is -2.27. The van der Waals surface area contributed by atoms with Crippen LogP contribution in [-0.2, 0) is 61.8 Å². The van der Waals surface area contributed by atoms with Gasteiger partial charge in [-0.05, 0) is 27.7 Å². The molecule has 38 heavy (non-hydrogen) atoms. The zero-order valence-electron chi connectivity index (χ0n) is 22.5. The molecule has 8 atom stereocenters. The van der Waals surface area contributed by atoms with Gasteiger partial charge in [0.1, 0.15) is 43.7 Å². The first-order chi connectivity index (χ1) is 16.5. The Labute approximate surface area is 275 Å². The molecule has 4 aliphatic heterocycles. The zero-order chi connectivity index (χ0) is 27.1. The summed E-state index contributed by atoms with van der Waals surface area (Å²) >= 11 is 2.25. The van der Waals surface area contributed by atoms with Crippen molar-refractivity contribution in [1.29, 1.82) is 0 Å². The average molecular weight is 802 g/mol. The second kappa shape index (κ2) is 14.5. The first-order valence-electron chi connectivity index (χ1n) is 11.3. The van der Waals surface area contributed by atoms with Crippen molar-refractivity contribution in [3.05, 3.63) is 0 Å². The van der Waals surface area contributed by atoms with Crippen LogP contribution < -0.4 is 53.5 Å². The molecular weight excluding hydrogens is 769 g/mol. The molecular formula is C21H33I2NaO13S. The molecule has 4 fully saturated rings. The molecule has 0 aromatic heterocycles. The molecule has 0 bridgehead atoms. The van der Waals surface area contributed by atoms with E-state index in [4.69, 9.17) is 42.1 Å². The molecule has 17 heteroatoms. The minimum atomic E-state index is -3.71. The topological polar surface area (TPSA) is 151 Å². The summed E-state index contributed by atoms with van der Waals surface area (Å²) < 4.78 is 71.2. The van der Waals surface area contributed by atoms with Crippen LogP contribution in [0.25, 0.3) is 0 Å². The molecule has 4 aliphatic rings. The van der Waals surface area contributed by atoms with Crippen LogP contribution in [-0.4, -0.2) is 98.4 Å². The van der Waals surface area contributed by atoms with E-state index in [1.165, 1.54) is 13.8 Å². The van der Waals surface area contributed by atoms with Gasteiger partial charge in [0.25, 0.3) is 10.1 Å². The van der Waals surface area contributed by atoms with Gasteiger partial charge < -0.3 is 61.9 Å². The maximum atomic E-state index is 11.3. The van der Waals surface area contributed by atoms with Crippen LogP contribution in [0.15, 0.2) is 0 Å². The van der Waals surface area contributed by atoms with Gasteiger partial charge in [-0.1, -0.05) is 22.6 Å². The van der Waals surface area contributed by atoms with E-state index in [1.54, 1.807) is 13.8 Å². The molecule has 0 aliphatic carbocycles. The van der Waals surface area contributed by atoms with Crippen LogP contribution in [0.2, 0.25) is 0 Å². The summed E-state index contributed by atoms with van der Waals surface area (Å²) in [7, 11) is -3.71. The Morgan fingerprint density at radius 1 is 0.816 bits per heavy atom. The van der Waals surface area contributed by atoms with Gasteiger partial charge in [0, 0.05) is 13.8 Å². The van der Waals surface area contributed by atoms with Gasteiger partial charge >= 0.3 is 41.5 Å². The molecule has 0 aromatic carbocycles. The fourth-order valence-corrected chi connectivity index (χ4v) is 5.57. The fourth-order valence-electron chi connectivity index (χ4n) is 4.07. The molecule has 4 rings (SSSR count). The van der Waals surface area contributed by atoms with Crippen LogP contribution in [0.1, 0.15) is 41.5 Å². The maximum Gasteiger partial charge on any atom is 1.00 e. The number of hydrogen-bond acceptors (Lipinski definition) is 13. The third-order valence-electron chi connectivity index (χ3n) is 5.34. The van der Waals surface area contributed by atoms with Gasteiger partial charge in [0.2, 0.25) is 0 Å². The van der Waals surface area contributed by atoms with Crippen molar-refractivity contribution in [2.45, 2.75) is 100 Å². The Balaban J connectivity index is 0.000000368. The summed E-state index contributed by atoms with van der Waals surface area (Å²) in [6, 6.07) is 0. The largest absolute Gasteiger partial charge is 1.00 e. The van der Waals surface area contributed by atoms with Gasteiger partial charge in [0.15, 0.2) is 24.2 Å². The first-order valence-corrected chi connectivity index (χ1v) is 14.3. The molecule has 2 unspecified atom stereocenters. The van der Waals surface area contributed by atoms with Gasteiger partial charge in [-0.25, -0.2) is 0 Å². The van der Waals surface area contributed by atoms with Crippen molar-refractivity contribution in [2.24, 2.45) is 0 Å². The number of halogens is 2. The SMILES string of the molecule is CC(=O)OC[C@H]1OC2OC(C)(C)O[C@@H]2[C@@H]1OS(C)(=O)=O.CC(=O)OC[C@H]1OC2OC(C)(C)O[C@@H]2[C@H]1I.[I-].[Na+]. The number of alkyl halides is 1. The van der Waals surface area contributed by atoms with E-state index < -0.39 is 52.3 Å². The van der Waals surface area contributed by atoms with Gasteiger partial charge in [-0.15, -0.1) is 0 Å². The predicted molar refractivity (Wildman–Crippen MR) is 128 cm³/mol. The number of carbonyl (C=O) groups excluding carboxylic acids is 2. The fraction of sp³-hybridized carbons (Fsp3) is 0.905. The Kier molecular flexibility index (Phi) is 14.2. The zero-order valence-corrected chi connectivity index (χ0v) is 29.6. The van der Waals surface area contributed by atoms with E-state index in [2.05, 4.69) is 22.6 Å². The number of hydrogen-bond donors (Lipinski definition) is 0. The van der Waals surface area contributed by atoms with E-state index >= 15 is 0 Å². The summed E-state index contributed by atoms with van der Waals surface area (Å²) in [6.45, 7) is 9.85. The smallest absolute Gasteiger partial charge is 1.00 e. The number of fused-ring (bicyclic) bond motifs is 2. The Hall–Kier alpha value is 1.07. The molecule has 4 saturated heterocycles. The minimum Gasteiger partial charge on any atom is -1.00 e. The second-order valence-corrected chi connectivity index (χ2v) is 12.6. The minimum absolute atomic E-state index is 0. The van der Waals surface area contributed by atoms with Crippen molar-refractivity contribution in [3.8, 4) is 0 Å². The molecule has 0 radical (unpaired) electrons. The van der Waals surface area contributed by atoms with E-state index in [-0.39, 0.29) is 95.1 Å². The molecule has 216 valence electrons. The Morgan fingerprint density at radius 2 is 1.24 bits per heavy atom. The van der Waals surface area contributed by atoms with Crippen LogP contribution in [0.4, 0.5) is 0 Å². The van der Waals surface area contributed by atoms with E-state index in [0.717, 1.165) is 6.26 Å². The molecule has 13 nitrogen and oxygen atoms in total. The van der Waals surface area contributed by atoms with Crippen LogP contribution in [0.3, 0.4) is 0 Å². The normalized spacial score (nSPS) is 36.0. The third-order valence-corrected chi connectivity index (χ3v) is 7.42. The molecule has 0 aromatic rings. The molecule has 4 heterocycles. The number of ether oxygens (including phenoxy) is 8. The summed E-state index contributed by atoms with van der Waals surface area (Å²) in [5, 5.41) is 0. The first kappa shape index (κ1) is 37.1. The number of carbonyl (C=O) groups is 2. The van der Waals surface area contributed by atoms with Crippen LogP contribution in [0, 0.1) is 0 Å². The van der Waals surface area contributed by atoms with Crippen molar-refractivity contribution < 1.29 is 114 Å². The van der Waals surface area contributed by atoms with Crippen molar-refractivity contribution in [1.82, 2.24) is 0 Å². The molecule has 0 spiro atoms. The third kappa shape index (κ3) is 10.4. The number of esters is 2. The average Bonchev–Trinajstić information content (AvgIpc) is 3.36.